The number of likely N-dealkylation sites (tertiary alicyclic amines) is 1. The molecule has 4 heteroatoms. The second-order valence-electron chi connectivity index (χ2n) is 6.15. The fraction of sp³-hybridized carbons (Fsp3) is 0.812. The number of aliphatic hydroxyl groups excluding tert-OH is 1. The van der Waals surface area contributed by atoms with Gasteiger partial charge in [0.05, 0.1) is 12.6 Å². The number of β-amino-alcohol motifs (C(OH)–C–C–N with tert-alkyl or cyclic N) is 1. The van der Waals surface area contributed by atoms with Crippen LogP contribution in [0.3, 0.4) is 0 Å². The predicted octanol–water partition coefficient (Wildman–Crippen LogP) is 2.00. The first kappa shape index (κ1) is 15.5. The van der Waals surface area contributed by atoms with Crippen molar-refractivity contribution in [2.75, 3.05) is 26.2 Å². The minimum absolute atomic E-state index is 0.183. The fourth-order valence-corrected chi connectivity index (χ4v) is 3.14. The summed E-state index contributed by atoms with van der Waals surface area (Å²) < 4.78 is 0. The standard InChI is InChI=1S/C16H28N2O2/c1-3-18(14-7-5-4-6-8-14)16(20)12-17-10-9-13(2)15(19)11-17/h7,13,15,19H,3-6,8-12H2,1-2H3. The zero-order valence-electron chi connectivity index (χ0n) is 12.8. The Morgan fingerprint density at radius 2 is 2.30 bits per heavy atom. The van der Waals surface area contributed by atoms with Crippen molar-refractivity contribution in [1.82, 2.24) is 9.80 Å². The van der Waals surface area contributed by atoms with E-state index >= 15 is 0 Å². The number of nitrogens with zero attached hydrogens (tertiary/aromatic N) is 2. The first-order valence-electron chi connectivity index (χ1n) is 8.01. The van der Waals surface area contributed by atoms with Gasteiger partial charge in [-0.15, -0.1) is 0 Å². The molecule has 0 spiro atoms. The van der Waals surface area contributed by atoms with Crippen LogP contribution in [-0.4, -0.2) is 53.1 Å². The van der Waals surface area contributed by atoms with E-state index in [0.717, 1.165) is 32.4 Å². The molecular formula is C16H28N2O2. The molecule has 1 saturated heterocycles. The number of piperidine rings is 1. The van der Waals surface area contributed by atoms with Crippen molar-refractivity contribution >= 4 is 5.91 Å². The molecule has 0 radical (unpaired) electrons. The molecule has 4 nitrogen and oxygen atoms in total. The number of carbonyl (C=O) groups is 1. The fourth-order valence-electron chi connectivity index (χ4n) is 3.14. The zero-order chi connectivity index (χ0) is 14.5. The summed E-state index contributed by atoms with van der Waals surface area (Å²) in [5.74, 6) is 0.534. The van der Waals surface area contributed by atoms with Gasteiger partial charge in [-0.05, 0) is 51.5 Å². The van der Waals surface area contributed by atoms with E-state index < -0.39 is 0 Å². The van der Waals surface area contributed by atoms with Crippen LogP contribution in [0.4, 0.5) is 0 Å². The lowest BCUT2D eigenvalue weighted by Gasteiger charge is -2.35. The number of aliphatic hydroxyl groups is 1. The number of likely N-dealkylation sites (N-methyl/N-ethyl adjacent to an activating group) is 1. The molecule has 1 amide bonds. The van der Waals surface area contributed by atoms with Gasteiger partial charge in [0.25, 0.3) is 0 Å². The Bertz CT molecular complexity index is 367. The summed E-state index contributed by atoms with van der Waals surface area (Å²) in [7, 11) is 0. The summed E-state index contributed by atoms with van der Waals surface area (Å²) in [6, 6.07) is 0. The van der Waals surface area contributed by atoms with Gasteiger partial charge in [0, 0.05) is 18.8 Å². The smallest absolute Gasteiger partial charge is 0.240 e. The molecule has 2 atom stereocenters. The minimum atomic E-state index is -0.291. The lowest BCUT2D eigenvalue weighted by molar-refractivity contribution is -0.131. The molecule has 2 aliphatic rings. The highest BCUT2D eigenvalue weighted by atomic mass is 16.3. The predicted molar refractivity (Wildman–Crippen MR) is 80.2 cm³/mol. The number of carbonyl (C=O) groups excluding carboxylic acids is 1. The molecule has 0 aromatic rings. The highest BCUT2D eigenvalue weighted by molar-refractivity contribution is 5.80. The number of allylic oxidation sites excluding steroid dienone is 2. The van der Waals surface area contributed by atoms with Gasteiger partial charge in [-0.2, -0.15) is 0 Å². The minimum Gasteiger partial charge on any atom is -0.392 e. The average Bonchev–Trinajstić information content (AvgIpc) is 2.45. The Kier molecular flexibility index (Phi) is 5.61. The Balaban J connectivity index is 1.91. The van der Waals surface area contributed by atoms with Crippen LogP contribution < -0.4 is 0 Å². The van der Waals surface area contributed by atoms with E-state index in [9.17, 15) is 9.90 Å². The quantitative estimate of drug-likeness (QED) is 0.856. The van der Waals surface area contributed by atoms with Gasteiger partial charge >= 0.3 is 0 Å². The SMILES string of the molecule is CCN(C(=O)CN1CCC(C)C(O)C1)C1=CCCCC1. The van der Waals surface area contributed by atoms with Crippen molar-refractivity contribution in [3.05, 3.63) is 11.8 Å². The maximum Gasteiger partial charge on any atom is 0.240 e. The Hall–Kier alpha value is -0.870. The molecule has 2 rings (SSSR count). The van der Waals surface area contributed by atoms with E-state index in [1.54, 1.807) is 0 Å². The molecule has 1 aliphatic heterocycles. The lowest BCUT2D eigenvalue weighted by atomic mass is 9.96. The molecule has 1 N–H and O–H groups in total. The zero-order valence-corrected chi connectivity index (χ0v) is 12.8. The van der Waals surface area contributed by atoms with E-state index in [4.69, 9.17) is 0 Å². The van der Waals surface area contributed by atoms with Crippen molar-refractivity contribution in [3.63, 3.8) is 0 Å². The van der Waals surface area contributed by atoms with Gasteiger partial charge in [-0.3, -0.25) is 9.69 Å². The molecule has 20 heavy (non-hydrogen) atoms. The van der Waals surface area contributed by atoms with E-state index in [1.807, 2.05) is 11.8 Å². The number of hydrogen-bond donors (Lipinski definition) is 1. The Morgan fingerprint density at radius 3 is 2.90 bits per heavy atom. The van der Waals surface area contributed by atoms with Crippen molar-refractivity contribution < 1.29 is 9.90 Å². The summed E-state index contributed by atoms with van der Waals surface area (Å²) >= 11 is 0. The highest BCUT2D eigenvalue weighted by Gasteiger charge is 2.27. The molecule has 1 fully saturated rings. The summed E-state index contributed by atoms with van der Waals surface area (Å²) in [5, 5.41) is 9.93. The number of hydrogen-bond acceptors (Lipinski definition) is 3. The molecular weight excluding hydrogens is 252 g/mol. The lowest BCUT2D eigenvalue weighted by Crippen LogP contribution is -2.47. The third-order valence-electron chi connectivity index (χ3n) is 4.59. The topological polar surface area (TPSA) is 43.8 Å². The third kappa shape index (κ3) is 3.83. The van der Waals surface area contributed by atoms with Crippen molar-refractivity contribution in [2.45, 2.75) is 52.1 Å². The molecule has 2 unspecified atom stereocenters. The summed E-state index contributed by atoms with van der Waals surface area (Å²) in [5.41, 5.74) is 1.20. The maximum absolute atomic E-state index is 12.5. The normalized spacial score (nSPS) is 28.1. The van der Waals surface area contributed by atoms with Gasteiger partial charge in [0.15, 0.2) is 0 Å². The Morgan fingerprint density at radius 1 is 1.50 bits per heavy atom. The van der Waals surface area contributed by atoms with Crippen molar-refractivity contribution in [1.29, 1.82) is 0 Å². The van der Waals surface area contributed by atoms with Crippen LogP contribution in [0, 0.1) is 5.92 Å². The van der Waals surface area contributed by atoms with Crippen LogP contribution in [0.1, 0.15) is 46.0 Å². The van der Waals surface area contributed by atoms with Gasteiger partial charge in [-0.1, -0.05) is 13.0 Å². The monoisotopic (exact) mass is 280 g/mol. The average molecular weight is 280 g/mol. The van der Waals surface area contributed by atoms with Gasteiger partial charge in [-0.25, -0.2) is 0 Å². The van der Waals surface area contributed by atoms with Crippen LogP contribution in [0.25, 0.3) is 0 Å². The van der Waals surface area contributed by atoms with Crippen LogP contribution in [0.2, 0.25) is 0 Å². The van der Waals surface area contributed by atoms with Crippen molar-refractivity contribution in [3.8, 4) is 0 Å². The largest absolute Gasteiger partial charge is 0.392 e. The van der Waals surface area contributed by atoms with Gasteiger partial charge in [0.2, 0.25) is 5.91 Å². The molecule has 1 heterocycles. The van der Waals surface area contributed by atoms with Crippen molar-refractivity contribution in [2.24, 2.45) is 5.92 Å². The van der Waals surface area contributed by atoms with Gasteiger partial charge in [0.1, 0.15) is 0 Å². The van der Waals surface area contributed by atoms with E-state index in [-0.39, 0.29) is 12.0 Å². The van der Waals surface area contributed by atoms with E-state index in [1.165, 1.54) is 18.5 Å². The first-order valence-corrected chi connectivity index (χ1v) is 8.01. The molecule has 0 aromatic carbocycles. The molecule has 0 saturated carbocycles. The Labute approximate surface area is 122 Å². The highest BCUT2D eigenvalue weighted by Crippen LogP contribution is 2.22. The maximum atomic E-state index is 12.5. The second kappa shape index (κ2) is 7.23. The first-order chi connectivity index (χ1) is 9.61. The van der Waals surface area contributed by atoms with Crippen LogP contribution in [-0.2, 0) is 4.79 Å². The number of amides is 1. The second-order valence-corrected chi connectivity index (χ2v) is 6.15. The van der Waals surface area contributed by atoms with Crippen LogP contribution in [0.5, 0.6) is 0 Å². The third-order valence-corrected chi connectivity index (χ3v) is 4.59. The van der Waals surface area contributed by atoms with E-state index in [0.29, 0.717) is 19.0 Å². The summed E-state index contributed by atoms with van der Waals surface area (Å²) in [4.78, 5) is 16.5. The summed E-state index contributed by atoms with van der Waals surface area (Å²) in [6.45, 7) is 6.85. The van der Waals surface area contributed by atoms with Gasteiger partial charge < -0.3 is 10.0 Å². The van der Waals surface area contributed by atoms with E-state index in [2.05, 4.69) is 17.9 Å². The molecule has 114 valence electrons. The number of rotatable bonds is 4. The summed E-state index contributed by atoms with van der Waals surface area (Å²) in [6.07, 6.45) is 7.46. The van der Waals surface area contributed by atoms with Crippen LogP contribution >= 0.6 is 0 Å². The molecule has 0 bridgehead atoms. The molecule has 0 aromatic heterocycles. The molecule has 1 aliphatic carbocycles. The van der Waals surface area contributed by atoms with Crippen LogP contribution in [0.15, 0.2) is 11.8 Å².